The summed E-state index contributed by atoms with van der Waals surface area (Å²) >= 11 is 0. The number of nitrogens with zero attached hydrogens (tertiary/aromatic N) is 2. The van der Waals surface area contributed by atoms with E-state index in [-0.39, 0.29) is 0 Å². The summed E-state index contributed by atoms with van der Waals surface area (Å²) in [6.45, 7) is 2.18. The van der Waals surface area contributed by atoms with Gasteiger partial charge in [0.2, 0.25) is 0 Å². The van der Waals surface area contributed by atoms with Crippen LogP contribution in [0.25, 0.3) is 93.2 Å². The fourth-order valence-corrected chi connectivity index (χ4v) is 8.30. The van der Waals surface area contributed by atoms with Gasteiger partial charge in [-0.15, -0.1) is 0 Å². The number of aromatic nitrogens is 2. The zero-order chi connectivity index (χ0) is 33.9. The minimum Gasteiger partial charge on any atom is -0.296 e. The molecule has 1 aromatic heterocycles. The molecule has 2 heteroatoms. The SMILES string of the molecule is CCc1nc2ccccc2n1-c1ccccc1-c1ccc(-c2c3ccccc3c(-c3cc4ccccc4c4ccccc34)c3ccccc23)cc1. The average molecular weight is 651 g/mol. The second-order valence-electron chi connectivity index (χ2n) is 13.3. The lowest BCUT2D eigenvalue weighted by molar-refractivity contribution is 0.909. The van der Waals surface area contributed by atoms with Gasteiger partial charge in [-0.25, -0.2) is 4.98 Å². The first-order valence-corrected chi connectivity index (χ1v) is 17.8. The molecule has 0 fully saturated rings. The van der Waals surface area contributed by atoms with Crippen molar-refractivity contribution in [2.75, 3.05) is 0 Å². The van der Waals surface area contributed by atoms with E-state index >= 15 is 0 Å². The normalized spacial score (nSPS) is 11.7. The van der Waals surface area contributed by atoms with Crippen LogP contribution in [-0.4, -0.2) is 9.55 Å². The van der Waals surface area contributed by atoms with Crippen molar-refractivity contribution in [3.63, 3.8) is 0 Å². The molecule has 0 aliphatic carbocycles. The summed E-state index contributed by atoms with van der Waals surface area (Å²) < 4.78 is 2.33. The highest BCUT2D eigenvalue weighted by Crippen LogP contribution is 2.46. The quantitative estimate of drug-likeness (QED) is 0.134. The van der Waals surface area contributed by atoms with Gasteiger partial charge in [0.15, 0.2) is 0 Å². The van der Waals surface area contributed by atoms with Crippen LogP contribution in [0.1, 0.15) is 12.7 Å². The largest absolute Gasteiger partial charge is 0.296 e. The summed E-state index contributed by atoms with van der Waals surface area (Å²) in [5.74, 6) is 1.07. The standard InChI is InChI=1S/C49H34N2/c1-2-47-50-44-24-12-14-26-46(44)51(47)45-25-13-11-17-36(45)32-27-29-33(30-28-32)48-39-20-7-9-22-41(39)49(42-23-10-8-21-40(42)48)43-31-34-15-3-4-16-35(34)37-18-5-6-19-38(37)43/h3-31H,2H2,1H3. The number of hydrogen-bond acceptors (Lipinski definition) is 1. The number of rotatable bonds is 5. The number of benzene rings is 9. The lowest BCUT2D eigenvalue weighted by Gasteiger charge is -2.20. The zero-order valence-electron chi connectivity index (χ0n) is 28.3. The maximum Gasteiger partial charge on any atom is 0.114 e. The van der Waals surface area contributed by atoms with Gasteiger partial charge in [-0.05, 0) is 95.2 Å². The van der Waals surface area contributed by atoms with Crippen molar-refractivity contribution >= 4 is 54.1 Å². The van der Waals surface area contributed by atoms with E-state index in [1.54, 1.807) is 0 Å². The lowest BCUT2D eigenvalue weighted by atomic mass is 9.83. The molecule has 0 radical (unpaired) electrons. The Morgan fingerprint density at radius 3 is 1.67 bits per heavy atom. The van der Waals surface area contributed by atoms with E-state index in [2.05, 4.69) is 187 Å². The van der Waals surface area contributed by atoms with Gasteiger partial charge in [-0.3, -0.25) is 4.57 Å². The number of hydrogen-bond donors (Lipinski definition) is 0. The van der Waals surface area contributed by atoms with E-state index < -0.39 is 0 Å². The summed E-state index contributed by atoms with van der Waals surface area (Å²) in [5.41, 5.74) is 10.7. The Morgan fingerprint density at radius 2 is 0.961 bits per heavy atom. The van der Waals surface area contributed by atoms with Crippen molar-refractivity contribution in [3.8, 4) is 39.1 Å². The molecule has 1 heterocycles. The molecule has 9 aromatic carbocycles. The van der Waals surface area contributed by atoms with Gasteiger partial charge in [0.25, 0.3) is 0 Å². The molecule has 0 bridgehead atoms. The van der Waals surface area contributed by atoms with Crippen molar-refractivity contribution in [2.24, 2.45) is 0 Å². The van der Waals surface area contributed by atoms with Gasteiger partial charge >= 0.3 is 0 Å². The van der Waals surface area contributed by atoms with Crippen molar-refractivity contribution < 1.29 is 0 Å². The van der Waals surface area contributed by atoms with E-state index in [9.17, 15) is 0 Å². The molecule has 0 aliphatic heterocycles. The first kappa shape index (κ1) is 29.4. The van der Waals surface area contributed by atoms with E-state index in [0.29, 0.717) is 0 Å². The molecule has 51 heavy (non-hydrogen) atoms. The first-order chi connectivity index (χ1) is 25.3. The van der Waals surface area contributed by atoms with Crippen molar-refractivity contribution in [2.45, 2.75) is 13.3 Å². The van der Waals surface area contributed by atoms with Crippen LogP contribution in [0, 0.1) is 0 Å². The third-order valence-electron chi connectivity index (χ3n) is 10.5. The number of para-hydroxylation sites is 3. The highest BCUT2D eigenvalue weighted by molar-refractivity contribution is 6.25. The fraction of sp³-hybridized carbons (Fsp3) is 0.0408. The summed E-state index contributed by atoms with van der Waals surface area (Å²) in [6, 6.07) is 64.2. The second-order valence-corrected chi connectivity index (χ2v) is 13.3. The van der Waals surface area contributed by atoms with E-state index in [1.165, 1.54) is 76.5 Å². The Morgan fingerprint density at radius 1 is 0.431 bits per heavy atom. The lowest BCUT2D eigenvalue weighted by Crippen LogP contribution is -2.02. The first-order valence-electron chi connectivity index (χ1n) is 17.8. The molecule has 240 valence electrons. The molecule has 0 saturated carbocycles. The molecule has 0 N–H and O–H groups in total. The van der Waals surface area contributed by atoms with Crippen molar-refractivity contribution in [3.05, 3.63) is 182 Å². The molecular formula is C49H34N2. The molecule has 0 atom stereocenters. The molecule has 0 amide bonds. The second kappa shape index (κ2) is 11.8. The molecule has 2 nitrogen and oxygen atoms in total. The third kappa shape index (κ3) is 4.61. The molecule has 10 rings (SSSR count). The summed E-state index contributed by atoms with van der Waals surface area (Å²) in [5, 5.41) is 10.2. The van der Waals surface area contributed by atoms with Gasteiger partial charge in [-0.2, -0.15) is 0 Å². The molecule has 0 aliphatic rings. The number of imidazole rings is 1. The summed E-state index contributed by atoms with van der Waals surface area (Å²) in [4.78, 5) is 4.98. The summed E-state index contributed by atoms with van der Waals surface area (Å²) in [6.07, 6.45) is 0.854. The number of fused-ring (bicyclic) bond motifs is 6. The Kier molecular flexibility index (Phi) is 6.82. The minimum absolute atomic E-state index is 0.854. The molecular weight excluding hydrogens is 617 g/mol. The van der Waals surface area contributed by atoms with Crippen LogP contribution in [0.4, 0.5) is 0 Å². The molecule has 0 spiro atoms. The zero-order valence-corrected chi connectivity index (χ0v) is 28.3. The van der Waals surface area contributed by atoms with Crippen LogP contribution in [0.15, 0.2) is 176 Å². The van der Waals surface area contributed by atoms with Crippen LogP contribution < -0.4 is 0 Å². The van der Waals surface area contributed by atoms with Crippen LogP contribution >= 0.6 is 0 Å². The van der Waals surface area contributed by atoms with Crippen LogP contribution in [0.3, 0.4) is 0 Å². The Labute approximate surface area is 296 Å². The van der Waals surface area contributed by atoms with Gasteiger partial charge in [0.05, 0.1) is 16.7 Å². The van der Waals surface area contributed by atoms with Crippen LogP contribution in [-0.2, 0) is 6.42 Å². The predicted molar refractivity (Wildman–Crippen MR) is 217 cm³/mol. The van der Waals surface area contributed by atoms with Gasteiger partial charge in [0.1, 0.15) is 5.82 Å². The Bertz CT molecular complexity index is 2890. The Hall–Kier alpha value is -6.51. The fourth-order valence-electron chi connectivity index (χ4n) is 8.30. The van der Waals surface area contributed by atoms with E-state index in [4.69, 9.17) is 4.98 Å². The topological polar surface area (TPSA) is 17.8 Å². The van der Waals surface area contributed by atoms with Gasteiger partial charge in [0, 0.05) is 12.0 Å². The maximum atomic E-state index is 4.98. The maximum absolute atomic E-state index is 4.98. The minimum atomic E-state index is 0.854. The average Bonchev–Trinajstić information content (AvgIpc) is 3.58. The van der Waals surface area contributed by atoms with Gasteiger partial charge in [-0.1, -0.05) is 159 Å². The highest BCUT2D eigenvalue weighted by atomic mass is 15.1. The van der Waals surface area contributed by atoms with Crippen LogP contribution in [0.2, 0.25) is 0 Å². The van der Waals surface area contributed by atoms with Crippen molar-refractivity contribution in [1.82, 2.24) is 9.55 Å². The molecule has 0 unspecified atom stereocenters. The smallest absolute Gasteiger partial charge is 0.114 e. The number of aryl methyl sites for hydroxylation is 1. The van der Waals surface area contributed by atoms with E-state index in [0.717, 1.165) is 29.0 Å². The monoisotopic (exact) mass is 650 g/mol. The third-order valence-corrected chi connectivity index (χ3v) is 10.5. The summed E-state index contributed by atoms with van der Waals surface area (Å²) in [7, 11) is 0. The Balaban J connectivity index is 1.18. The predicted octanol–water partition coefficient (Wildman–Crippen LogP) is 13.2. The molecule has 10 aromatic rings. The van der Waals surface area contributed by atoms with Crippen LogP contribution in [0.5, 0.6) is 0 Å². The van der Waals surface area contributed by atoms with E-state index in [1.807, 2.05) is 0 Å². The van der Waals surface area contributed by atoms with Gasteiger partial charge < -0.3 is 0 Å². The molecule has 0 saturated heterocycles. The highest BCUT2D eigenvalue weighted by Gasteiger charge is 2.20. The van der Waals surface area contributed by atoms with Crippen molar-refractivity contribution in [1.29, 1.82) is 0 Å².